The number of hydrogen-bond donors (Lipinski definition) is 1. The molecule has 0 spiro atoms. The van der Waals surface area contributed by atoms with Crippen LogP contribution in [0.15, 0.2) is 24.4 Å². The number of aliphatic hydroxyl groups is 1. The van der Waals surface area contributed by atoms with Crippen LogP contribution < -0.4 is 0 Å². The molecule has 5 nitrogen and oxygen atoms in total. The molecule has 0 aliphatic heterocycles. The number of fused-ring (bicyclic) bond motifs is 6. The first-order chi connectivity index (χ1) is 17.1. The number of halogens is 1. The number of nitrogens with zero attached hydrogens (tertiary/aromatic N) is 2. The van der Waals surface area contributed by atoms with Gasteiger partial charge in [-0.2, -0.15) is 5.10 Å². The molecule has 0 amide bonds. The van der Waals surface area contributed by atoms with Gasteiger partial charge in [0.05, 0.1) is 24.3 Å². The zero-order valence-corrected chi connectivity index (χ0v) is 22.8. The van der Waals surface area contributed by atoms with Crippen molar-refractivity contribution in [3.05, 3.63) is 29.4 Å². The highest BCUT2D eigenvalue weighted by Crippen LogP contribution is 2.68. The lowest BCUT2D eigenvalue weighted by Gasteiger charge is -2.62. The normalized spacial score (nSPS) is 42.1. The van der Waals surface area contributed by atoms with E-state index in [1.54, 1.807) is 7.11 Å². The second kappa shape index (κ2) is 8.81. The highest BCUT2D eigenvalue weighted by atomic mass is 35.5. The fraction of sp³-hybridized carbons (Fsp3) is 0.733. The molecule has 1 N–H and O–H groups in total. The average molecular weight is 513 g/mol. The minimum atomic E-state index is -0.650. The van der Waals surface area contributed by atoms with Crippen molar-refractivity contribution in [2.45, 2.75) is 83.8 Å². The molecule has 0 radical (unpaired) electrons. The van der Waals surface area contributed by atoms with E-state index in [0.717, 1.165) is 48.9 Å². The van der Waals surface area contributed by atoms with Crippen LogP contribution in [0.25, 0.3) is 10.9 Å². The molecule has 6 rings (SSSR count). The molecule has 4 aliphatic carbocycles. The van der Waals surface area contributed by atoms with Crippen molar-refractivity contribution in [2.24, 2.45) is 40.4 Å². The van der Waals surface area contributed by atoms with Crippen LogP contribution in [0.2, 0.25) is 5.02 Å². The van der Waals surface area contributed by atoms with Crippen molar-refractivity contribution in [3.8, 4) is 0 Å². The molecule has 4 aliphatic rings. The monoisotopic (exact) mass is 512 g/mol. The van der Waals surface area contributed by atoms with Crippen LogP contribution in [-0.4, -0.2) is 40.0 Å². The Labute approximate surface area is 219 Å². The predicted molar refractivity (Wildman–Crippen MR) is 142 cm³/mol. The molecule has 1 aromatic carbocycles. The number of Topliss-reactive ketones (excluding diaryl/α,β-unsaturated/α-hetero) is 1. The molecule has 0 bridgehead atoms. The van der Waals surface area contributed by atoms with E-state index in [-0.39, 0.29) is 11.3 Å². The number of rotatable bonds is 5. The molecule has 1 aromatic heterocycles. The molecule has 196 valence electrons. The third kappa shape index (κ3) is 3.87. The third-order valence-corrected chi connectivity index (χ3v) is 11.7. The van der Waals surface area contributed by atoms with Crippen molar-refractivity contribution in [1.82, 2.24) is 9.78 Å². The van der Waals surface area contributed by atoms with E-state index < -0.39 is 5.60 Å². The molecule has 0 saturated heterocycles. The number of hydrogen-bond acceptors (Lipinski definition) is 4. The van der Waals surface area contributed by atoms with Crippen molar-refractivity contribution < 1.29 is 14.6 Å². The third-order valence-electron chi connectivity index (χ3n) is 11.5. The summed E-state index contributed by atoms with van der Waals surface area (Å²) in [6, 6.07) is 5.69. The zero-order chi connectivity index (χ0) is 25.3. The van der Waals surface area contributed by atoms with Crippen LogP contribution in [-0.2, 0) is 16.1 Å². The van der Waals surface area contributed by atoms with Crippen molar-refractivity contribution >= 4 is 28.3 Å². The summed E-state index contributed by atoms with van der Waals surface area (Å²) in [4.78, 5) is 13.7. The Kier molecular flexibility index (Phi) is 6.09. The second-order valence-corrected chi connectivity index (χ2v) is 13.6. The first-order valence-corrected chi connectivity index (χ1v) is 14.4. The van der Waals surface area contributed by atoms with Crippen LogP contribution in [0, 0.1) is 40.4 Å². The van der Waals surface area contributed by atoms with Crippen molar-refractivity contribution in [2.75, 3.05) is 13.7 Å². The SMILES string of the molecule is COC[C@@]1(O)CC[C@@]2(C)[C@@H](CCC3[C@@H]2CC[C@]2(C)[C@@H](C(=O)Cn4cc5cc(Cl)ccc5n4)CC[C@@H]32)C1. The maximum Gasteiger partial charge on any atom is 0.157 e. The maximum absolute atomic E-state index is 13.7. The van der Waals surface area contributed by atoms with E-state index in [4.69, 9.17) is 16.3 Å². The minimum Gasteiger partial charge on any atom is -0.387 e. The van der Waals surface area contributed by atoms with Gasteiger partial charge in [-0.1, -0.05) is 25.4 Å². The van der Waals surface area contributed by atoms with Gasteiger partial charge in [0.15, 0.2) is 5.78 Å². The molecule has 6 heteroatoms. The summed E-state index contributed by atoms with van der Waals surface area (Å²) in [5, 5.41) is 17.4. The summed E-state index contributed by atoms with van der Waals surface area (Å²) < 4.78 is 7.20. The van der Waals surface area contributed by atoms with Gasteiger partial charge >= 0.3 is 0 Å². The summed E-state index contributed by atoms with van der Waals surface area (Å²) in [5.74, 6) is 3.13. The highest BCUT2D eigenvalue weighted by molar-refractivity contribution is 6.31. The number of ketones is 1. The molecule has 4 fully saturated rings. The summed E-state index contributed by atoms with van der Waals surface area (Å²) in [7, 11) is 1.70. The molecule has 8 atom stereocenters. The van der Waals surface area contributed by atoms with Gasteiger partial charge < -0.3 is 9.84 Å². The van der Waals surface area contributed by atoms with E-state index in [2.05, 4.69) is 18.9 Å². The van der Waals surface area contributed by atoms with Crippen LogP contribution in [0.5, 0.6) is 0 Å². The highest BCUT2D eigenvalue weighted by Gasteiger charge is 2.62. The molecule has 1 unspecified atom stereocenters. The Morgan fingerprint density at radius 3 is 2.72 bits per heavy atom. The van der Waals surface area contributed by atoms with Gasteiger partial charge in [0.2, 0.25) is 0 Å². The van der Waals surface area contributed by atoms with E-state index >= 15 is 0 Å². The van der Waals surface area contributed by atoms with Gasteiger partial charge in [-0.05, 0) is 110 Å². The largest absolute Gasteiger partial charge is 0.387 e. The maximum atomic E-state index is 13.7. The van der Waals surface area contributed by atoms with Crippen LogP contribution in [0.3, 0.4) is 0 Å². The fourth-order valence-corrected chi connectivity index (χ4v) is 9.83. The fourth-order valence-electron chi connectivity index (χ4n) is 9.65. The molecular weight excluding hydrogens is 472 g/mol. The standard InChI is InChI=1S/C30H41ClN2O3/c1-28-12-13-30(35,18-36-3)15-20(28)4-6-22-23-7-8-25(29(23,2)11-10-24(22)28)27(34)17-33-16-19-14-21(31)5-9-26(19)32-33/h5,9,14,16,20,22-25,35H,4,6-8,10-13,15,17-18H2,1-3H3/t20-,22?,23-,24-,25+,28-,29-,30+/m0/s1. The van der Waals surface area contributed by atoms with Crippen molar-refractivity contribution in [3.63, 3.8) is 0 Å². The summed E-state index contributed by atoms with van der Waals surface area (Å²) in [6.07, 6.45) is 11.8. The van der Waals surface area contributed by atoms with E-state index in [9.17, 15) is 9.90 Å². The summed E-state index contributed by atoms with van der Waals surface area (Å²) >= 11 is 6.15. The number of methoxy groups -OCH3 is 1. The number of benzene rings is 1. The molecule has 2 aromatic rings. The van der Waals surface area contributed by atoms with Gasteiger partial charge in [-0.25, -0.2) is 0 Å². The van der Waals surface area contributed by atoms with Crippen molar-refractivity contribution in [1.29, 1.82) is 0 Å². The zero-order valence-electron chi connectivity index (χ0n) is 22.0. The smallest absolute Gasteiger partial charge is 0.157 e. The van der Waals surface area contributed by atoms with E-state index in [1.807, 2.05) is 29.1 Å². The first kappa shape index (κ1) is 24.9. The number of carbonyl (C=O) groups excluding carboxylic acids is 1. The topological polar surface area (TPSA) is 64.3 Å². The Morgan fingerprint density at radius 1 is 1.11 bits per heavy atom. The first-order valence-electron chi connectivity index (χ1n) is 14.0. The Balaban J connectivity index is 1.18. The Morgan fingerprint density at radius 2 is 1.92 bits per heavy atom. The van der Waals surface area contributed by atoms with Crippen LogP contribution in [0.1, 0.15) is 71.6 Å². The molecule has 36 heavy (non-hydrogen) atoms. The second-order valence-electron chi connectivity index (χ2n) is 13.2. The lowest BCUT2D eigenvalue weighted by molar-refractivity contribution is -0.164. The summed E-state index contributed by atoms with van der Waals surface area (Å²) in [5.41, 5.74) is 0.645. The average Bonchev–Trinajstić information content (AvgIpc) is 3.39. The predicted octanol–water partition coefficient (Wildman–Crippen LogP) is 6.30. The van der Waals surface area contributed by atoms with Gasteiger partial charge in [0.25, 0.3) is 0 Å². The number of carbonyl (C=O) groups is 1. The number of aromatic nitrogens is 2. The molecule has 4 saturated carbocycles. The Bertz CT molecular complexity index is 1160. The van der Waals surface area contributed by atoms with Gasteiger partial charge in [-0.15, -0.1) is 0 Å². The van der Waals surface area contributed by atoms with Gasteiger partial charge in [0.1, 0.15) is 0 Å². The summed E-state index contributed by atoms with van der Waals surface area (Å²) in [6.45, 7) is 5.76. The van der Waals surface area contributed by atoms with E-state index in [1.165, 1.54) is 25.7 Å². The Hall–Kier alpha value is -1.43. The van der Waals surface area contributed by atoms with Gasteiger partial charge in [-0.3, -0.25) is 9.48 Å². The van der Waals surface area contributed by atoms with Gasteiger partial charge in [0, 0.05) is 29.6 Å². The molecular formula is C30H41ClN2O3. The van der Waals surface area contributed by atoms with E-state index in [0.29, 0.717) is 47.1 Å². The van der Waals surface area contributed by atoms with Crippen LogP contribution >= 0.6 is 11.6 Å². The molecule has 1 heterocycles. The quantitative estimate of drug-likeness (QED) is 0.511. The number of ether oxygens (including phenoxy) is 1. The lowest BCUT2D eigenvalue weighted by atomic mass is 9.44. The van der Waals surface area contributed by atoms with Crippen LogP contribution in [0.4, 0.5) is 0 Å². The minimum absolute atomic E-state index is 0.1000. The lowest BCUT2D eigenvalue weighted by Crippen LogP contribution is -2.56.